The van der Waals surface area contributed by atoms with Gasteiger partial charge in [0, 0.05) is 11.1 Å². The average molecular weight is 499 g/mol. The van der Waals surface area contributed by atoms with Crippen molar-refractivity contribution in [2.75, 3.05) is 25.8 Å². The van der Waals surface area contributed by atoms with Crippen LogP contribution >= 0.6 is 11.8 Å². The number of benzene rings is 3. The topological polar surface area (TPSA) is 70.4 Å². The second-order valence-electron chi connectivity index (χ2n) is 8.74. The second kappa shape index (κ2) is 8.95. The Hall–Kier alpha value is -3.91. The summed E-state index contributed by atoms with van der Waals surface area (Å²) in [5.74, 6) is 2.86. The van der Waals surface area contributed by atoms with Crippen LogP contribution in [0.2, 0.25) is 0 Å². The lowest BCUT2D eigenvalue weighted by Gasteiger charge is -2.39. The molecule has 2 aliphatic rings. The predicted molar refractivity (Wildman–Crippen MR) is 141 cm³/mol. The minimum absolute atomic E-state index is 0.274. The van der Waals surface area contributed by atoms with E-state index in [1.807, 2.05) is 41.3 Å². The molecule has 3 aromatic carbocycles. The molecule has 2 aliphatic heterocycles. The summed E-state index contributed by atoms with van der Waals surface area (Å²) in [6.07, 6.45) is 1.66. The summed E-state index contributed by atoms with van der Waals surface area (Å²) in [7, 11) is 3.29. The molecule has 182 valence electrons. The Morgan fingerprint density at radius 2 is 1.69 bits per heavy atom. The van der Waals surface area contributed by atoms with Crippen LogP contribution in [0.4, 0.5) is 5.95 Å². The number of para-hydroxylation sites is 1. The van der Waals surface area contributed by atoms with Gasteiger partial charge in [0.15, 0.2) is 11.5 Å². The molecule has 4 aromatic rings. The SMILES string of the molecule is COc1ccc([C@H]2C3=C(Nc4nc(SC)nn42)c2ccccc2O[C@@H]3c2ccc(C)cc2)cc1OC. The minimum Gasteiger partial charge on any atom is -0.493 e. The van der Waals surface area contributed by atoms with Crippen LogP contribution in [0.1, 0.15) is 34.4 Å². The second-order valence-corrected chi connectivity index (χ2v) is 9.52. The Balaban J connectivity index is 1.62. The summed E-state index contributed by atoms with van der Waals surface area (Å²) in [6, 6.07) is 22.3. The lowest BCUT2D eigenvalue weighted by molar-refractivity contribution is 0.223. The molecular formula is C28H26N4O3S. The van der Waals surface area contributed by atoms with Gasteiger partial charge in [-0.05, 0) is 48.6 Å². The van der Waals surface area contributed by atoms with Crippen molar-refractivity contribution < 1.29 is 14.2 Å². The number of nitrogens with zero attached hydrogens (tertiary/aromatic N) is 3. The van der Waals surface area contributed by atoms with E-state index in [1.54, 1.807) is 14.2 Å². The van der Waals surface area contributed by atoms with Crippen molar-refractivity contribution in [2.24, 2.45) is 0 Å². The van der Waals surface area contributed by atoms with Gasteiger partial charge in [-0.3, -0.25) is 0 Å². The standard InChI is InChI=1S/C28H26N4O3S/c1-16-9-11-17(12-10-16)26-23-24(19-7-5-6-8-20(19)35-26)29-27-30-28(36-4)31-32(27)25(23)18-13-14-21(33-2)22(15-18)34-3/h5-15,25-26H,1-4H3,(H,29,30,31)/t25-,26+/m0/s1. The molecule has 0 bridgehead atoms. The van der Waals surface area contributed by atoms with E-state index in [1.165, 1.54) is 17.3 Å². The number of hydrogen-bond acceptors (Lipinski definition) is 7. The molecule has 36 heavy (non-hydrogen) atoms. The third kappa shape index (κ3) is 3.60. The van der Waals surface area contributed by atoms with Crippen molar-refractivity contribution >= 4 is 23.4 Å². The molecule has 0 fully saturated rings. The fourth-order valence-corrected chi connectivity index (χ4v) is 5.25. The maximum Gasteiger partial charge on any atom is 0.227 e. The molecule has 0 aliphatic carbocycles. The molecule has 0 radical (unpaired) electrons. The largest absolute Gasteiger partial charge is 0.493 e. The van der Waals surface area contributed by atoms with Crippen molar-refractivity contribution in [2.45, 2.75) is 24.2 Å². The number of rotatable bonds is 5. The van der Waals surface area contributed by atoms with Crippen LogP contribution in [-0.2, 0) is 0 Å². The molecule has 6 rings (SSSR count). The first kappa shape index (κ1) is 22.5. The number of methoxy groups -OCH3 is 2. The predicted octanol–water partition coefficient (Wildman–Crippen LogP) is 5.89. The molecule has 8 heteroatoms. The smallest absolute Gasteiger partial charge is 0.227 e. The van der Waals surface area contributed by atoms with E-state index in [0.717, 1.165) is 33.7 Å². The molecule has 3 heterocycles. The van der Waals surface area contributed by atoms with Crippen LogP contribution in [0, 0.1) is 6.92 Å². The van der Waals surface area contributed by atoms with Crippen LogP contribution in [0.15, 0.2) is 77.5 Å². The first-order chi connectivity index (χ1) is 17.6. The summed E-state index contributed by atoms with van der Waals surface area (Å²) in [5, 5.41) is 9.15. The quantitative estimate of drug-likeness (QED) is 0.344. The van der Waals surface area contributed by atoms with E-state index in [2.05, 4.69) is 48.6 Å². The normalized spacial score (nSPS) is 17.9. The van der Waals surface area contributed by atoms with Gasteiger partial charge < -0.3 is 19.5 Å². The Labute approximate surface area is 214 Å². The Morgan fingerprint density at radius 1 is 0.944 bits per heavy atom. The molecule has 1 aromatic heterocycles. The fourth-order valence-electron chi connectivity index (χ4n) is 4.90. The zero-order valence-corrected chi connectivity index (χ0v) is 21.3. The highest BCUT2D eigenvalue weighted by molar-refractivity contribution is 7.98. The van der Waals surface area contributed by atoms with Crippen LogP contribution in [0.5, 0.6) is 17.2 Å². The van der Waals surface area contributed by atoms with Crippen molar-refractivity contribution in [3.05, 3.63) is 94.6 Å². The molecule has 1 N–H and O–H groups in total. The Bertz CT molecular complexity index is 1480. The van der Waals surface area contributed by atoms with E-state index < -0.39 is 0 Å². The van der Waals surface area contributed by atoms with Gasteiger partial charge in [-0.25, -0.2) is 4.68 Å². The number of thioether (sulfide) groups is 1. The number of aromatic nitrogens is 3. The van der Waals surface area contributed by atoms with Gasteiger partial charge in [-0.1, -0.05) is 59.8 Å². The Morgan fingerprint density at radius 3 is 2.44 bits per heavy atom. The summed E-state index contributed by atoms with van der Waals surface area (Å²) in [6.45, 7) is 2.09. The van der Waals surface area contributed by atoms with Crippen LogP contribution in [0.25, 0.3) is 5.70 Å². The van der Waals surface area contributed by atoms with Crippen LogP contribution in [-0.4, -0.2) is 35.2 Å². The average Bonchev–Trinajstić information content (AvgIpc) is 3.34. The molecule has 7 nitrogen and oxygen atoms in total. The molecule has 0 saturated heterocycles. The fraction of sp³-hybridized carbons (Fsp3) is 0.214. The van der Waals surface area contributed by atoms with Crippen LogP contribution in [0.3, 0.4) is 0 Å². The van der Waals surface area contributed by atoms with Crippen LogP contribution < -0.4 is 19.5 Å². The number of nitrogens with one attached hydrogen (secondary N) is 1. The van der Waals surface area contributed by atoms with Gasteiger partial charge in [-0.2, -0.15) is 4.98 Å². The van der Waals surface area contributed by atoms with Gasteiger partial charge in [-0.15, -0.1) is 5.10 Å². The van der Waals surface area contributed by atoms with E-state index >= 15 is 0 Å². The van der Waals surface area contributed by atoms with E-state index in [4.69, 9.17) is 24.3 Å². The highest BCUT2D eigenvalue weighted by atomic mass is 32.2. The number of ether oxygens (including phenoxy) is 3. The molecule has 0 spiro atoms. The van der Waals surface area contributed by atoms with Gasteiger partial charge in [0.1, 0.15) is 17.9 Å². The molecular weight excluding hydrogens is 472 g/mol. The Kier molecular flexibility index (Phi) is 5.60. The molecule has 0 amide bonds. The molecule has 0 saturated carbocycles. The third-order valence-corrected chi connectivity index (χ3v) is 7.18. The monoisotopic (exact) mass is 498 g/mol. The molecule has 0 unspecified atom stereocenters. The molecule has 2 atom stereocenters. The van der Waals surface area contributed by atoms with Crippen molar-refractivity contribution in [3.63, 3.8) is 0 Å². The maximum absolute atomic E-state index is 6.71. The van der Waals surface area contributed by atoms with Gasteiger partial charge in [0.05, 0.1) is 19.9 Å². The number of anilines is 1. The summed E-state index contributed by atoms with van der Waals surface area (Å²) < 4.78 is 19.8. The van der Waals surface area contributed by atoms with Crippen molar-refractivity contribution in [3.8, 4) is 17.2 Å². The van der Waals surface area contributed by atoms with E-state index in [9.17, 15) is 0 Å². The van der Waals surface area contributed by atoms with Crippen molar-refractivity contribution in [1.82, 2.24) is 14.8 Å². The first-order valence-electron chi connectivity index (χ1n) is 11.7. The zero-order valence-electron chi connectivity index (χ0n) is 20.5. The van der Waals surface area contributed by atoms with Gasteiger partial charge in [0.2, 0.25) is 11.1 Å². The lowest BCUT2D eigenvalue weighted by atomic mass is 9.84. The summed E-state index contributed by atoms with van der Waals surface area (Å²) in [5.41, 5.74) is 6.33. The van der Waals surface area contributed by atoms with Gasteiger partial charge >= 0.3 is 0 Å². The maximum atomic E-state index is 6.71. The first-order valence-corrected chi connectivity index (χ1v) is 12.9. The lowest BCUT2D eigenvalue weighted by Crippen LogP contribution is -2.32. The zero-order chi connectivity index (χ0) is 24.8. The van der Waals surface area contributed by atoms with E-state index in [0.29, 0.717) is 22.6 Å². The summed E-state index contributed by atoms with van der Waals surface area (Å²) >= 11 is 1.51. The van der Waals surface area contributed by atoms with Gasteiger partial charge in [0.25, 0.3) is 0 Å². The number of hydrogen-bond donors (Lipinski definition) is 1. The number of aryl methyl sites for hydroxylation is 1. The third-order valence-electron chi connectivity index (χ3n) is 6.65. The summed E-state index contributed by atoms with van der Waals surface area (Å²) in [4.78, 5) is 4.77. The van der Waals surface area contributed by atoms with E-state index in [-0.39, 0.29) is 12.1 Å². The highest BCUT2D eigenvalue weighted by Gasteiger charge is 2.41. The highest BCUT2D eigenvalue weighted by Crippen LogP contribution is 2.51. The van der Waals surface area contributed by atoms with Crippen molar-refractivity contribution in [1.29, 1.82) is 0 Å². The minimum atomic E-state index is -0.323. The number of fused-ring (bicyclic) bond motifs is 3.